The van der Waals surface area contributed by atoms with E-state index in [0.717, 1.165) is 36.6 Å². The number of carbonyl (C=O) groups is 2. The molecule has 2 amide bonds. The van der Waals surface area contributed by atoms with E-state index in [1.54, 1.807) is 17.2 Å². The first-order chi connectivity index (χ1) is 14.2. The zero-order valence-corrected chi connectivity index (χ0v) is 16.1. The summed E-state index contributed by atoms with van der Waals surface area (Å²) >= 11 is 0. The average Bonchev–Trinajstić information content (AvgIpc) is 3.48. The monoisotopic (exact) mass is 393 g/mol. The minimum absolute atomic E-state index is 0.0109. The molecule has 0 aromatic carbocycles. The summed E-state index contributed by atoms with van der Waals surface area (Å²) in [7, 11) is 0. The van der Waals surface area contributed by atoms with Crippen LogP contribution in [-0.2, 0) is 16.1 Å². The van der Waals surface area contributed by atoms with Crippen LogP contribution < -0.4 is 0 Å². The Morgan fingerprint density at radius 1 is 1.17 bits per heavy atom. The van der Waals surface area contributed by atoms with Gasteiger partial charge in [0.15, 0.2) is 5.65 Å². The van der Waals surface area contributed by atoms with Crippen LogP contribution in [0.2, 0.25) is 0 Å². The number of amides is 2. The molecule has 0 bridgehead atoms. The molecule has 2 unspecified atom stereocenters. The number of piperidine rings is 1. The molecule has 0 N–H and O–H groups in total. The number of hydrogen-bond acceptors (Lipinski definition) is 5. The van der Waals surface area contributed by atoms with Gasteiger partial charge in [-0.15, -0.1) is 10.2 Å². The van der Waals surface area contributed by atoms with Gasteiger partial charge in [0.25, 0.3) is 0 Å². The fourth-order valence-corrected chi connectivity index (χ4v) is 4.47. The molecule has 0 radical (unpaired) electrons. The van der Waals surface area contributed by atoms with Crippen molar-refractivity contribution in [3.8, 4) is 0 Å². The maximum atomic E-state index is 13.2. The molecule has 2 fully saturated rings. The number of nitrogens with zero attached hydrogens (tertiary/aromatic N) is 5. The quantitative estimate of drug-likeness (QED) is 0.678. The third-order valence-electron chi connectivity index (χ3n) is 5.93. The molecule has 0 aliphatic carbocycles. The van der Waals surface area contributed by atoms with E-state index in [1.165, 1.54) is 0 Å². The van der Waals surface area contributed by atoms with E-state index in [0.29, 0.717) is 19.6 Å². The summed E-state index contributed by atoms with van der Waals surface area (Å²) in [6.07, 6.45) is 5.74. The Balaban J connectivity index is 1.27. The second kappa shape index (κ2) is 7.35. The van der Waals surface area contributed by atoms with Crippen molar-refractivity contribution < 1.29 is 14.0 Å². The molecule has 2 aliphatic heterocycles. The van der Waals surface area contributed by atoms with Crippen molar-refractivity contribution in [3.63, 3.8) is 0 Å². The SMILES string of the molecule is O=C1CC(C(=O)N2CCCC(c3nnc4ccccn34)C2)CN1Cc1ccco1. The molecular weight excluding hydrogens is 370 g/mol. The highest BCUT2D eigenvalue weighted by molar-refractivity contribution is 5.89. The van der Waals surface area contributed by atoms with Gasteiger partial charge in [0.1, 0.15) is 11.6 Å². The van der Waals surface area contributed by atoms with Gasteiger partial charge in [-0.3, -0.25) is 14.0 Å². The maximum Gasteiger partial charge on any atom is 0.228 e. The smallest absolute Gasteiger partial charge is 0.228 e. The molecule has 2 saturated heterocycles. The van der Waals surface area contributed by atoms with Crippen molar-refractivity contribution in [1.29, 1.82) is 0 Å². The van der Waals surface area contributed by atoms with Crippen LogP contribution >= 0.6 is 0 Å². The lowest BCUT2D eigenvalue weighted by molar-refractivity contribution is -0.137. The van der Waals surface area contributed by atoms with Crippen LogP contribution in [-0.4, -0.2) is 55.8 Å². The number of fused-ring (bicyclic) bond motifs is 1. The number of likely N-dealkylation sites (tertiary alicyclic amines) is 2. The van der Waals surface area contributed by atoms with Gasteiger partial charge in [-0.2, -0.15) is 0 Å². The zero-order valence-electron chi connectivity index (χ0n) is 16.1. The Morgan fingerprint density at radius 2 is 2.10 bits per heavy atom. The number of pyridine rings is 1. The maximum absolute atomic E-state index is 13.2. The summed E-state index contributed by atoms with van der Waals surface area (Å²) in [5.74, 6) is 1.59. The molecule has 0 spiro atoms. The van der Waals surface area contributed by atoms with Crippen molar-refractivity contribution in [3.05, 3.63) is 54.4 Å². The highest BCUT2D eigenvalue weighted by atomic mass is 16.3. The summed E-state index contributed by atoms with van der Waals surface area (Å²) in [4.78, 5) is 29.2. The van der Waals surface area contributed by atoms with E-state index in [1.807, 2.05) is 39.8 Å². The molecule has 2 aliphatic rings. The first kappa shape index (κ1) is 17.9. The Hall–Kier alpha value is -3.16. The van der Waals surface area contributed by atoms with Gasteiger partial charge in [-0.1, -0.05) is 6.07 Å². The van der Waals surface area contributed by atoms with Crippen LogP contribution in [0, 0.1) is 5.92 Å². The van der Waals surface area contributed by atoms with E-state index in [2.05, 4.69) is 10.2 Å². The van der Waals surface area contributed by atoms with E-state index in [-0.39, 0.29) is 30.1 Å². The molecule has 8 heteroatoms. The second-order valence-corrected chi connectivity index (χ2v) is 7.87. The topological polar surface area (TPSA) is 84.0 Å². The van der Waals surface area contributed by atoms with Crippen molar-refractivity contribution in [1.82, 2.24) is 24.4 Å². The largest absolute Gasteiger partial charge is 0.467 e. The number of rotatable bonds is 4. The summed E-state index contributed by atoms with van der Waals surface area (Å²) in [6, 6.07) is 9.49. The highest BCUT2D eigenvalue weighted by Crippen LogP contribution is 2.29. The third kappa shape index (κ3) is 3.39. The number of carbonyl (C=O) groups excluding carboxylic acids is 2. The van der Waals surface area contributed by atoms with Gasteiger partial charge in [0.05, 0.1) is 18.7 Å². The Kier molecular flexibility index (Phi) is 4.54. The van der Waals surface area contributed by atoms with Crippen molar-refractivity contribution in [2.24, 2.45) is 5.92 Å². The van der Waals surface area contributed by atoms with Crippen LogP contribution in [0.25, 0.3) is 5.65 Å². The Bertz CT molecular complexity index is 1030. The summed E-state index contributed by atoms with van der Waals surface area (Å²) in [5, 5.41) is 8.62. The van der Waals surface area contributed by atoms with E-state index < -0.39 is 0 Å². The molecule has 5 heterocycles. The van der Waals surface area contributed by atoms with Gasteiger partial charge >= 0.3 is 0 Å². The molecule has 0 saturated carbocycles. The van der Waals surface area contributed by atoms with E-state index >= 15 is 0 Å². The molecule has 3 aromatic heterocycles. The van der Waals surface area contributed by atoms with Gasteiger partial charge in [-0.25, -0.2) is 0 Å². The summed E-state index contributed by atoms with van der Waals surface area (Å²) in [6.45, 7) is 2.23. The predicted octanol–water partition coefficient (Wildman–Crippen LogP) is 2.08. The van der Waals surface area contributed by atoms with Crippen LogP contribution in [0.3, 0.4) is 0 Å². The Morgan fingerprint density at radius 3 is 2.97 bits per heavy atom. The van der Waals surface area contributed by atoms with E-state index in [4.69, 9.17) is 4.42 Å². The second-order valence-electron chi connectivity index (χ2n) is 7.87. The minimum Gasteiger partial charge on any atom is -0.467 e. The van der Waals surface area contributed by atoms with Crippen LogP contribution in [0.5, 0.6) is 0 Å². The molecule has 150 valence electrons. The zero-order chi connectivity index (χ0) is 19.8. The molecule has 2 atom stereocenters. The fraction of sp³-hybridized carbons (Fsp3) is 0.429. The lowest BCUT2D eigenvalue weighted by Crippen LogP contribution is -2.43. The molecular formula is C21H23N5O3. The molecule has 8 nitrogen and oxygen atoms in total. The van der Waals surface area contributed by atoms with Crippen molar-refractivity contribution in [2.75, 3.05) is 19.6 Å². The lowest BCUT2D eigenvalue weighted by Gasteiger charge is -2.33. The Labute approximate surface area is 168 Å². The van der Waals surface area contributed by atoms with Gasteiger partial charge in [0.2, 0.25) is 11.8 Å². The first-order valence-corrected chi connectivity index (χ1v) is 10.1. The van der Waals surface area contributed by atoms with Crippen molar-refractivity contribution >= 4 is 17.5 Å². The molecule has 3 aromatic rings. The van der Waals surface area contributed by atoms with Crippen LogP contribution in [0.4, 0.5) is 0 Å². The number of hydrogen-bond donors (Lipinski definition) is 0. The number of furan rings is 1. The molecule has 5 rings (SSSR count). The fourth-order valence-electron chi connectivity index (χ4n) is 4.47. The standard InChI is InChI=1S/C21H23N5O3/c27-19-11-16(13-25(19)14-17-6-4-10-29-17)21(28)24-8-3-5-15(12-24)20-23-22-18-7-1-2-9-26(18)20/h1-2,4,6-7,9-10,15-16H,3,5,8,11-14H2. The van der Waals surface area contributed by atoms with Gasteiger partial charge < -0.3 is 14.2 Å². The van der Waals surface area contributed by atoms with E-state index in [9.17, 15) is 9.59 Å². The highest BCUT2D eigenvalue weighted by Gasteiger charge is 2.38. The lowest BCUT2D eigenvalue weighted by atomic mass is 9.95. The average molecular weight is 393 g/mol. The minimum atomic E-state index is -0.286. The van der Waals surface area contributed by atoms with Gasteiger partial charge in [-0.05, 0) is 37.1 Å². The third-order valence-corrected chi connectivity index (χ3v) is 5.93. The van der Waals surface area contributed by atoms with Crippen LogP contribution in [0.1, 0.15) is 36.8 Å². The molecule has 29 heavy (non-hydrogen) atoms. The van der Waals surface area contributed by atoms with Crippen LogP contribution in [0.15, 0.2) is 47.2 Å². The predicted molar refractivity (Wildman–Crippen MR) is 104 cm³/mol. The summed E-state index contributed by atoms with van der Waals surface area (Å²) in [5.41, 5.74) is 0.820. The van der Waals surface area contributed by atoms with Gasteiger partial charge in [0, 0.05) is 38.2 Å². The first-order valence-electron chi connectivity index (χ1n) is 10.1. The summed E-state index contributed by atoms with van der Waals surface area (Å²) < 4.78 is 7.34. The van der Waals surface area contributed by atoms with Crippen molar-refractivity contribution in [2.45, 2.75) is 31.7 Å². The number of aromatic nitrogens is 3. The normalized spacial score (nSPS) is 22.6.